The maximum Gasteiger partial charge on any atom is 1.00 e. The van der Waals surface area contributed by atoms with Gasteiger partial charge in [-0.15, -0.1) is 0 Å². The molecule has 0 aromatic carbocycles. The molecule has 0 N–H and O–H groups in total. The van der Waals surface area contributed by atoms with Crippen molar-refractivity contribution in [2.24, 2.45) is 0 Å². The van der Waals surface area contributed by atoms with E-state index in [-0.39, 0.29) is 172 Å². The van der Waals surface area contributed by atoms with Gasteiger partial charge in [0.2, 0.25) is 0 Å². The first kappa shape index (κ1) is 22.7. The van der Waals surface area contributed by atoms with Gasteiger partial charge in [0, 0.05) is 0 Å². The molecular formula is AsK3. The van der Waals surface area contributed by atoms with Gasteiger partial charge in [0.05, 0.1) is 0 Å². The van der Waals surface area contributed by atoms with Crippen molar-refractivity contribution in [3.8, 4) is 0 Å². The van der Waals surface area contributed by atoms with Crippen LogP contribution in [0.5, 0.6) is 0 Å². The van der Waals surface area contributed by atoms with Gasteiger partial charge in [-0.25, -0.2) is 0 Å². The van der Waals surface area contributed by atoms with Crippen molar-refractivity contribution < 1.29 is 154 Å². The average molecular weight is 192 g/mol. The fourth-order valence-corrected chi connectivity index (χ4v) is 0. The molecule has 0 aliphatic carbocycles. The van der Waals surface area contributed by atoms with Crippen LogP contribution in [0.1, 0.15) is 0 Å². The van der Waals surface area contributed by atoms with E-state index in [0.717, 1.165) is 0 Å². The van der Waals surface area contributed by atoms with E-state index >= 15 is 0 Å². The second kappa shape index (κ2) is 15.8. The van der Waals surface area contributed by atoms with Crippen LogP contribution in [-0.2, 0) is 0 Å². The molecule has 0 bridgehead atoms. The molecule has 0 saturated carbocycles. The van der Waals surface area contributed by atoms with Gasteiger partial charge in [0.15, 0.2) is 0 Å². The van der Waals surface area contributed by atoms with E-state index in [1.165, 1.54) is 0 Å². The third kappa shape index (κ3) is 10.4. The average Bonchev–Trinajstić information content (AvgIpc) is 0. The molecule has 0 nitrogen and oxygen atoms in total. The van der Waals surface area contributed by atoms with E-state index in [0.29, 0.717) is 0 Å². The van der Waals surface area contributed by atoms with Gasteiger partial charge in [-0.05, 0) is 0 Å². The van der Waals surface area contributed by atoms with E-state index < -0.39 is 0 Å². The summed E-state index contributed by atoms with van der Waals surface area (Å²) in [5, 5.41) is 0. The predicted molar refractivity (Wildman–Crippen MR) is 5.75 cm³/mol. The Morgan fingerprint density at radius 2 is 0.500 bits per heavy atom. The van der Waals surface area contributed by atoms with Gasteiger partial charge in [0.25, 0.3) is 0 Å². The van der Waals surface area contributed by atoms with Crippen molar-refractivity contribution in [2.75, 3.05) is 0 Å². The van der Waals surface area contributed by atoms with Crippen LogP contribution >= 0.6 is 0 Å². The molecule has 0 fully saturated rings. The van der Waals surface area contributed by atoms with Crippen LogP contribution in [0.15, 0.2) is 0 Å². The van der Waals surface area contributed by atoms with Crippen molar-refractivity contribution in [1.82, 2.24) is 0 Å². The second-order valence-electron chi connectivity index (χ2n) is 0. The van der Waals surface area contributed by atoms with Crippen LogP contribution < -0.4 is 154 Å². The summed E-state index contributed by atoms with van der Waals surface area (Å²) in [6, 6.07) is 0. The number of rotatable bonds is 0. The zero-order valence-corrected chi connectivity index (χ0v) is 14.7. The third-order valence-corrected chi connectivity index (χ3v) is 0. The molecule has 4 heavy (non-hydrogen) atoms. The Hall–Kier alpha value is 5.47. The molecule has 4 heteroatoms. The molecule has 0 spiro atoms. The molecule has 0 heterocycles. The van der Waals surface area contributed by atoms with Crippen molar-refractivity contribution in [1.29, 1.82) is 0 Å². The Balaban J connectivity index is 0. The summed E-state index contributed by atoms with van der Waals surface area (Å²) >= 11 is 0. The van der Waals surface area contributed by atoms with Gasteiger partial charge in [0.1, 0.15) is 0 Å². The van der Waals surface area contributed by atoms with Crippen molar-refractivity contribution in [3.63, 3.8) is 0 Å². The predicted octanol–water partition coefficient (Wildman–Crippen LogP) is -9.37. The molecule has 0 aromatic heterocycles. The second-order valence-corrected chi connectivity index (χ2v) is 0. The Bertz CT molecular complexity index is 3.25. The first-order valence-corrected chi connectivity index (χ1v) is 0. The molecule has 0 rings (SSSR count). The van der Waals surface area contributed by atoms with Crippen LogP contribution in [0.3, 0.4) is 0 Å². The topological polar surface area (TPSA) is 0 Å². The van der Waals surface area contributed by atoms with Gasteiger partial charge in [-0.1, -0.05) is 0 Å². The molecule has 0 saturated heterocycles. The Labute approximate surface area is 166 Å². The standard InChI is InChI=1S/As.3K/q-3;3*+1. The first-order chi connectivity index (χ1) is 0. The Morgan fingerprint density at radius 1 is 0.500 bits per heavy atom. The van der Waals surface area contributed by atoms with Crippen molar-refractivity contribution >= 4 is 18.0 Å². The maximum absolute atomic E-state index is 0. The van der Waals surface area contributed by atoms with Crippen LogP contribution in [0, 0.1) is 0 Å². The minimum absolute atomic E-state index is 0. The first-order valence-electron chi connectivity index (χ1n) is 0. The smallest absolute Gasteiger partial charge is 1.00 e. The van der Waals surface area contributed by atoms with E-state index in [1.807, 2.05) is 0 Å². The molecule has 0 aliphatic heterocycles. The zero-order valence-electron chi connectivity index (χ0n) is 3.45. The molecule has 0 aromatic rings. The number of hydrogen-bond donors (Lipinski definition) is 0. The largest absolute Gasteiger partial charge is 3.00 e. The maximum atomic E-state index is 0. The van der Waals surface area contributed by atoms with Crippen molar-refractivity contribution in [3.05, 3.63) is 0 Å². The zero-order chi connectivity index (χ0) is 0. The third-order valence-electron chi connectivity index (χ3n) is 0. The normalized spacial score (nSPS) is 0. The van der Waals surface area contributed by atoms with Gasteiger partial charge in [-0.3, -0.25) is 0 Å². The SMILES string of the molecule is [As-3].[K+].[K+].[K+]. The molecule has 0 aliphatic rings. The fourth-order valence-electron chi connectivity index (χ4n) is 0. The number of hydrogen-bond acceptors (Lipinski definition) is 0. The van der Waals surface area contributed by atoms with Crippen LogP contribution in [0.2, 0.25) is 0 Å². The summed E-state index contributed by atoms with van der Waals surface area (Å²) in [5.74, 6) is 0. The van der Waals surface area contributed by atoms with E-state index in [2.05, 4.69) is 0 Å². The van der Waals surface area contributed by atoms with Gasteiger partial charge in [-0.2, -0.15) is 0 Å². The minimum Gasteiger partial charge on any atom is -3.00 e. The summed E-state index contributed by atoms with van der Waals surface area (Å²) in [6.45, 7) is 0. The van der Waals surface area contributed by atoms with E-state index in [1.54, 1.807) is 0 Å². The van der Waals surface area contributed by atoms with E-state index in [9.17, 15) is 0 Å². The van der Waals surface area contributed by atoms with Crippen LogP contribution in [-0.4, -0.2) is 18.0 Å². The Kier molecular flexibility index (Phi) is 89.7. The van der Waals surface area contributed by atoms with Crippen LogP contribution in [0.25, 0.3) is 0 Å². The minimum atomic E-state index is 0. The van der Waals surface area contributed by atoms with Crippen LogP contribution in [0.4, 0.5) is 0 Å². The summed E-state index contributed by atoms with van der Waals surface area (Å²) < 4.78 is 0. The fraction of sp³-hybridized carbons (Fsp3) is 0. The molecule has 0 atom stereocenters. The summed E-state index contributed by atoms with van der Waals surface area (Å²) in [7, 11) is 0. The van der Waals surface area contributed by atoms with E-state index in [4.69, 9.17) is 0 Å². The molecule has 8 valence electrons. The molecule has 0 amide bonds. The summed E-state index contributed by atoms with van der Waals surface area (Å²) in [4.78, 5) is 0. The van der Waals surface area contributed by atoms with Gasteiger partial charge < -0.3 is 18.0 Å². The molecule has 0 radical (unpaired) electrons. The summed E-state index contributed by atoms with van der Waals surface area (Å²) in [6.07, 6.45) is 0. The summed E-state index contributed by atoms with van der Waals surface area (Å²) in [5.41, 5.74) is 0. The van der Waals surface area contributed by atoms with Gasteiger partial charge >= 0.3 is 154 Å². The van der Waals surface area contributed by atoms with Crippen molar-refractivity contribution in [2.45, 2.75) is 0 Å². The quantitative estimate of drug-likeness (QED) is 0.334. The monoisotopic (exact) mass is 192 g/mol. The Morgan fingerprint density at radius 3 is 0.500 bits per heavy atom. The molecule has 0 unspecified atom stereocenters. The molecular weight excluding hydrogens is 192 g/mol.